The molecule has 0 fully saturated rings. The molecule has 8 heteroatoms. The minimum absolute atomic E-state index is 0.238. The van der Waals surface area contributed by atoms with Gasteiger partial charge in [0, 0.05) is 15.6 Å². The molecule has 0 radical (unpaired) electrons. The highest BCUT2D eigenvalue weighted by Gasteiger charge is 2.12. The van der Waals surface area contributed by atoms with Crippen molar-refractivity contribution >= 4 is 39.9 Å². The Bertz CT molecular complexity index is 1220. The van der Waals surface area contributed by atoms with Crippen molar-refractivity contribution in [2.75, 3.05) is 6.54 Å². The summed E-state index contributed by atoms with van der Waals surface area (Å²) in [6.07, 6.45) is 1.37. The number of hydrogen-bond acceptors (Lipinski definition) is 5. The van der Waals surface area contributed by atoms with E-state index < -0.39 is 11.9 Å². The highest BCUT2D eigenvalue weighted by atomic mass is 79.9. The number of nitrogens with zero attached hydrogens (tertiary/aromatic N) is 1. The van der Waals surface area contributed by atoms with Gasteiger partial charge in [0.15, 0.2) is 0 Å². The fraction of sp³-hybridized carbons (Fsp3) is 0.120. The van der Waals surface area contributed by atoms with Crippen molar-refractivity contribution in [2.45, 2.75) is 13.8 Å². The van der Waals surface area contributed by atoms with Crippen molar-refractivity contribution in [1.29, 1.82) is 0 Å². The number of benzene rings is 3. The zero-order valence-electron chi connectivity index (χ0n) is 18.1. The van der Waals surface area contributed by atoms with Crippen LogP contribution in [0.15, 0.2) is 76.3 Å². The Hall–Kier alpha value is -3.78. The van der Waals surface area contributed by atoms with E-state index >= 15 is 0 Å². The molecule has 0 unspecified atom stereocenters. The summed E-state index contributed by atoms with van der Waals surface area (Å²) in [6, 6.07) is 19.2. The van der Waals surface area contributed by atoms with E-state index in [4.69, 9.17) is 4.74 Å². The molecule has 3 rings (SSSR count). The van der Waals surface area contributed by atoms with Crippen molar-refractivity contribution in [3.63, 3.8) is 0 Å². The highest BCUT2D eigenvalue weighted by molar-refractivity contribution is 9.10. The van der Waals surface area contributed by atoms with E-state index in [2.05, 4.69) is 31.8 Å². The van der Waals surface area contributed by atoms with Crippen LogP contribution in [-0.2, 0) is 4.79 Å². The van der Waals surface area contributed by atoms with Crippen LogP contribution >= 0.6 is 15.9 Å². The van der Waals surface area contributed by atoms with Gasteiger partial charge in [-0.3, -0.25) is 9.59 Å². The fourth-order valence-corrected chi connectivity index (χ4v) is 3.32. The van der Waals surface area contributed by atoms with Crippen LogP contribution in [0.25, 0.3) is 0 Å². The summed E-state index contributed by atoms with van der Waals surface area (Å²) in [5.41, 5.74) is 5.52. The van der Waals surface area contributed by atoms with Gasteiger partial charge in [-0.15, -0.1) is 0 Å². The number of esters is 1. The van der Waals surface area contributed by atoms with E-state index in [1.165, 1.54) is 6.21 Å². The number of rotatable bonds is 7. The smallest absolute Gasteiger partial charge is 0.343 e. The van der Waals surface area contributed by atoms with Gasteiger partial charge in [0.2, 0.25) is 0 Å². The summed E-state index contributed by atoms with van der Waals surface area (Å²) < 4.78 is 6.26. The Morgan fingerprint density at radius 2 is 1.79 bits per heavy atom. The maximum atomic E-state index is 12.5. The first-order valence-electron chi connectivity index (χ1n) is 10.1. The van der Waals surface area contributed by atoms with Crippen molar-refractivity contribution in [3.8, 4) is 5.75 Å². The second-order valence-corrected chi connectivity index (χ2v) is 8.15. The Kier molecular flexibility index (Phi) is 8.10. The number of carbonyl (C=O) groups is 3. The first-order valence-corrected chi connectivity index (χ1v) is 10.9. The van der Waals surface area contributed by atoms with Gasteiger partial charge in [-0.05, 0) is 55.8 Å². The predicted molar refractivity (Wildman–Crippen MR) is 130 cm³/mol. The molecule has 0 aliphatic rings. The SMILES string of the molecule is Cc1cccc(C(=O)Oc2ccc(Br)cc2/C=N\NC(=O)CNC(=O)c2ccccc2C)c1. The summed E-state index contributed by atoms with van der Waals surface area (Å²) in [7, 11) is 0. The lowest BCUT2D eigenvalue weighted by Crippen LogP contribution is -2.35. The molecule has 7 nitrogen and oxygen atoms in total. The molecular weight excluding hydrogens is 486 g/mol. The standard InChI is InChI=1S/C25H22BrN3O4/c1-16-6-5-8-18(12-16)25(32)33-22-11-10-20(26)13-19(22)14-28-29-23(30)15-27-24(31)21-9-4-3-7-17(21)2/h3-14H,15H2,1-2H3,(H,27,31)(H,29,30)/b28-14-. The van der Waals surface area contributed by atoms with E-state index in [1.54, 1.807) is 48.5 Å². The molecule has 0 spiro atoms. The topological polar surface area (TPSA) is 96.9 Å². The summed E-state index contributed by atoms with van der Waals surface area (Å²) >= 11 is 3.37. The quantitative estimate of drug-likeness (QED) is 0.217. The zero-order valence-corrected chi connectivity index (χ0v) is 19.7. The molecule has 33 heavy (non-hydrogen) atoms. The van der Waals surface area contributed by atoms with Gasteiger partial charge in [0.25, 0.3) is 11.8 Å². The number of aryl methyl sites for hydroxylation is 2. The molecule has 0 aromatic heterocycles. The Labute approximate surface area is 200 Å². The summed E-state index contributed by atoms with van der Waals surface area (Å²) in [6.45, 7) is 3.47. The average molecular weight is 508 g/mol. The minimum atomic E-state index is -0.501. The molecule has 0 aliphatic carbocycles. The van der Waals surface area contributed by atoms with E-state index in [0.717, 1.165) is 15.6 Å². The van der Waals surface area contributed by atoms with Crippen LogP contribution in [-0.4, -0.2) is 30.5 Å². The zero-order chi connectivity index (χ0) is 23.8. The maximum Gasteiger partial charge on any atom is 0.343 e. The van der Waals surface area contributed by atoms with Gasteiger partial charge in [0.1, 0.15) is 5.75 Å². The highest BCUT2D eigenvalue weighted by Crippen LogP contribution is 2.23. The fourth-order valence-electron chi connectivity index (χ4n) is 2.94. The molecule has 0 atom stereocenters. The lowest BCUT2D eigenvalue weighted by molar-refractivity contribution is -0.120. The third kappa shape index (κ3) is 6.85. The monoisotopic (exact) mass is 507 g/mol. The average Bonchev–Trinajstić information content (AvgIpc) is 2.79. The van der Waals surface area contributed by atoms with Crippen LogP contribution in [0.4, 0.5) is 0 Å². The molecule has 168 valence electrons. The van der Waals surface area contributed by atoms with Gasteiger partial charge < -0.3 is 10.1 Å². The molecule has 2 amide bonds. The molecule has 0 saturated carbocycles. The number of hydrazone groups is 1. The number of carbonyl (C=O) groups excluding carboxylic acids is 3. The van der Waals surface area contributed by atoms with Crippen LogP contribution in [0.5, 0.6) is 5.75 Å². The molecule has 2 N–H and O–H groups in total. The van der Waals surface area contributed by atoms with E-state index in [9.17, 15) is 14.4 Å². The molecular formula is C25H22BrN3O4. The second kappa shape index (κ2) is 11.2. The summed E-state index contributed by atoms with van der Waals surface area (Å²) in [4.78, 5) is 36.8. The number of amides is 2. The number of ether oxygens (including phenoxy) is 1. The maximum absolute atomic E-state index is 12.5. The third-order valence-electron chi connectivity index (χ3n) is 4.62. The van der Waals surface area contributed by atoms with Gasteiger partial charge >= 0.3 is 5.97 Å². The number of hydrogen-bond donors (Lipinski definition) is 2. The van der Waals surface area contributed by atoms with Gasteiger partial charge in [0.05, 0.1) is 18.3 Å². The molecule has 0 bridgehead atoms. The number of nitrogens with one attached hydrogen (secondary N) is 2. The lowest BCUT2D eigenvalue weighted by Gasteiger charge is -2.09. The van der Waals surface area contributed by atoms with Crippen molar-refractivity contribution < 1.29 is 19.1 Å². The molecule has 0 aliphatic heterocycles. The largest absolute Gasteiger partial charge is 0.422 e. The van der Waals surface area contributed by atoms with E-state index in [0.29, 0.717) is 16.7 Å². The molecule has 0 heterocycles. The van der Waals surface area contributed by atoms with Crippen molar-refractivity contribution in [1.82, 2.24) is 10.7 Å². The van der Waals surface area contributed by atoms with Crippen molar-refractivity contribution in [2.24, 2.45) is 5.10 Å². The summed E-state index contributed by atoms with van der Waals surface area (Å²) in [5, 5.41) is 6.47. The molecule has 0 saturated heterocycles. The van der Waals surface area contributed by atoms with Crippen LogP contribution in [0, 0.1) is 13.8 Å². The van der Waals surface area contributed by atoms with Crippen molar-refractivity contribution in [3.05, 3.63) is 99.0 Å². The van der Waals surface area contributed by atoms with E-state index in [-0.39, 0.29) is 18.2 Å². The van der Waals surface area contributed by atoms with E-state index in [1.807, 2.05) is 32.0 Å². The third-order valence-corrected chi connectivity index (χ3v) is 5.11. The normalized spacial score (nSPS) is 10.6. The minimum Gasteiger partial charge on any atom is -0.422 e. The first-order chi connectivity index (χ1) is 15.8. The predicted octanol–water partition coefficient (Wildman–Crippen LogP) is 4.17. The van der Waals surface area contributed by atoms with Crippen LogP contribution in [0.2, 0.25) is 0 Å². The first kappa shape index (κ1) is 23.9. The van der Waals surface area contributed by atoms with Gasteiger partial charge in [-0.2, -0.15) is 5.10 Å². The van der Waals surface area contributed by atoms with Crippen LogP contribution in [0.3, 0.4) is 0 Å². The van der Waals surface area contributed by atoms with Crippen LogP contribution < -0.4 is 15.5 Å². The Morgan fingerprint density at radius 1 is 1.00 bits per heavy atom. The Balaban J connectivity index is 1.60. The Morgan fingerprint density at radius 3 is 2.55 bits per heavy atom. The van der Waals surface area contributed by atoms with Gasteiger partial charge in [-0.1, -0.05) is 51.8 Å². The lowest BCUT2D eigenvalue weighted by atomic mass is 10.1. The molecule has 3 aromatic carbocycles. The molecule has 3 aromatic rings. The number of halogens is 1. The van der Waals surface area contributed by atoms with Gasteiger partial charge in [-0.25, -0.2) is 10.2 Å². The van der Waals surface area contributed by atoms with Crippen LogP contribution in [0.1, 0.15) is 37.4 Å². The second-order valence-electron chi connectivity index (χ2n) is 7.23. The summed E-state index contributed by atoms with van der Waals surface area (Å²) in [5.74, 6) is -1.06.